The van der Waals surface area contributed by atoms with Gasteiger partial charge in [-0.1, -0.05) is 6.08 Å². The number of halogens is 1. The molecule has 0 spiro atoms. The van der Waals surface area contributed by atoms with Gasteiger partial charge in [-0.05, 0) is 24.6 Å². The first kappa shape index (κ1) is 11.2. The topological polar surface area (TPSA) is 55.1 Å². The van der Waals surface area contributed by atoms with Crippen LogP contribution in [0.3, 0.4) is 0 Å². The molecule has 1 rings (SSSR count). The van der Waals surface area contributed by atoms with Gasteiger partial charge in [0.05, 0.1) is 5.56 Å². The first-order chi connectivity index (χ1) is 7.15. The van der Waals surface area contributed by atoms with Crippen LogP contribution in [-0.2, 0) is 0 Å². The Morgan fingerprint density at radius 1 is 1.60 bits per heavy atom. The third kappa shape index (κ3) is 3.09. The molecule has 1 amide bonds. The monoisotopic (exact) mass is 208 g/mol. The number of carbonyl (C=O) groups excluding carboxylic acids is 1. The van der Waals surface area contributed by atoms with Gasteiger partial charge < -0.3 is 11.1 Å². The van der Waals surface area contributed by atoms with Gasteiger partial charge in [-0.15, -0.1) is 6.58 Å². The van der Waals surface area contributed by atoms with Crippen LogP contribution < -0.4 is 11.1 Å². The molecule has 1 aromatic carbocycles. The molecule has 1 aromatic rings. The van der Waals surface area contributed by atoms with Crippen LogP contribution in [0.2, 0.25) is 0 Å². The van der Waals surface area contributed by atoms with Crippen molar-refractivity contribution in [2.24, 2.45) is 5.73 Å². The summed E-state index contributed by atoms with van der Waals surface area (Å²) in [6, 6.07) is 3.83. The fraction of sp³-hybridized carbons (Fsp3) is 0.182. The van der Waals surface area contributed by atoms with Crippen LogP contribution in [0.25, 0.3) is 0 Å². The summed E-state index contributed by atoms with van der Waals surface area (Å²) in [4.78, 5) is 11.0. The maximum absolute atomic E-state index is 12.9. The molecular weight excluding hydrogens is 195 g/mol. The van der Waals surface area contributed by atoms with E-state index in [1.54, 1.807) is 6.08 Å². The molecule has 0 fully saturated rings. The molecule has 0 aliphatic rings. The van der Waals surface area contributed by atoms with Crippen LogP contribution in [-0.4, -0.2) is 12.5 Å². The third-order valence-electron chi connectivity index (χ3n) is 1.91. The van der Waals surface area contributed by atoms with Gasteiger partial charge in [0.2, 0.25) is 0 Å². The number of amides is 1. The molecule has 0 heterocycles. The van der Waals surface area contributed by atoms with Crippen molar-refractivity contribution in [3.63, 3.8) is 0 Å². The molecule has 15 heavy (non-hydrogen) atoms. The van der Waals surface area contributed by atoms with Gasteiger partial charge in [-0.25, -0.2) is 4.39 Å². The van der Waals surface area contributed by atoms with Crippen molar-refractivity contribution in [1.82, 2.24) is 0 Å². The van der Waals surface area contributed by atoms with Crippen molar-refractivity contribution < 1.29 is 9.18 Å². The van der Waals surface area contributed by atoms with Gasteiger partial charge in [-0.2, -0.15) is 0 Å². The van der Waals surface area contributed by atoms with Gasteiger partial charge in [0.1, 0.15) is 5.82 Å². The molecule has 0 saturated heterocycles. The number of carbonyl (C=O) groups is 1. The quantitative estimate of drug-likeness (QED) is 0.573. The molecule has 80 valence electrons. The number of hydrogen-bond acceptors (Lipinski definition) is 2. The summed E-state index contributed by atoms with van der Waals surface area (Å²) in [7, 11) is 0. The van der Waals surface area contributed by atoms with Crippen molar-refractivity contribution in [2.45, 2.75) is 6.42 Å². The minimum absolute atomic E-state index is 0.292. The molecular formula is C11H13FN2O. The van der Waals surface area contributed by atoms with Crippen molar-refractivity contribution in [1.29, 1.82) is 0 Å². The van der Waals surface area contributed by atoms with Gasteiger partial charge in [0.25, 0.3) is 5.91 Å². The number of nitrogens with two attached hydrogens (primary N) is 1. The summed E-state index contributed by atoms with van der Waals surface area (Å²) < 4.78 is 12.9. The predicted octanol–water partition coefficient (Wildman–Crippen LogP) is 1.91. The molecule has 4 heteroatoms. The Kier molecular flexibility index (Phi) is 3.85. The van der Waals surface area contributed by atoms with Crippen molar-refractivity contribution in [3.8, 4) is 0 Å². The Hall–Kier alpha value is -1.84. The molecule has 3 N–H and O–H groups in total. The maximum Gasteiger partial charge on any atom is 0.250 e. The Morgan fingerprint density at radius 3 is 2.93 bits per heavy atom. The minimum atomic E-state index is -0.573. The number of rotatable bonds is 5. The number of primary amides is 1. The average molecular weight is 208 g/mol. The zero-order valence-electron chi connectivity index (χ0n) is 8.29. The minimum Gasteiger partial charge on any atom is -0.384 e. The standard InChI is InChI=1S/C11H13FN2O/c1-2-3-6-14-10-7-8(12)4-5-9(10)11(13)15/h2,4-5,7,14H,1,3,6H2,(H2,13,15). The van der Waals surface area contributed by atoms with E-state index in [1.165, 1.54) is 18.2 Å². The molecule has 0 radical (unpaired) electrons. The summed E-state index contributed by atoms with van der Waals surface area (Å²) in [6.07, 6.45) is 2.46. The van der Waals surface area contributed by atoms with E-state index in [1.807, 2.05) is 0 Å². The van der Waals surface area contributed by atoms with E-state index in [4.69, 9.17) is 5.73 Å². The number of hydrogen-bond donors (Lipinski definition) is 2. The van der Waals surface area contributed by atoms with E-state index in [9.17, 15) is 9.18 Å². The number of nitrogens with one attached hydrogen (secondary N) is 1. The lowest BCUT2D eigenvalue weighted by Crippen LogP contribution is -2.15. The SMILES string of the molecule is C=CCCNc1cc(F)ccc1C(N)=O. The fourth-order valence-corrected chi connectivity index (χ4v) is 1.19. The lowest BCUT2D eigenvalue weighted by molar-refractivity contribution is 0.100. The Bertz CT molecular complexity index is 377. The van der Waals surface area contributed by atoms with E-state index in [-0.39, 0.29) is 0 Å². The second kappa shape index (κ2) is 5.14. The van der Waals surface area contributed by atoms with E-state index in [0.29, 0.717) is 17.8 Å². The first-order valence-corrected chi connectivity index (χ1v) is 4.59. The lowest BCUT2D eigenvalue weighted by atomic mass is 10.1. The average Bonchev–Trinajstić information content (AvgIpc) is 2.18. The van der Waals surface area contributed by atoms with Crippen LogP contribution in [0.4, 0.5) is 10.1 Å². The van der Waals surface area contributed by atoms with Crippen LogP contribution in [0.5, 0.6) is 0 Å². The van der Waals surface area contributed by atoms with Crippen LogP contribution >= 0.6 is 0 Å². The summed E-state index contributed by atoms with van der Waals surface area (Å²) in [6.45, 7) is 4.15. The molecule has 0 aliphatic heterocycles. The van der Waals surface area contributed by atoms with E-state index in [2.05, 4.69) is 11.9 Å². The second-order valence-corrected chi connectivity index (χ2v) is 3.06. The predicted molar refractivity (Wildman–Crippen MR) is 58.2 cm³/mol. The zero-order valence-corrected chi connectivity index (χ0v) is 8.29. The molecule has 0 aromatic heterocycles. The maximum atomic E-state index is 12.9. The fourth-order valence-electron chi connectivity index (χ4n) is 1.19. The van der Waals surface area contributed by atoms with Gasteiger partial charge >= 0.3 is 0 Å². The second-order valence-electron chi connectivity index (χ2n) is 3.06. The molecule has 0 aliphatic carbocycles. The van der Waals surface area contributed by atoms with Crippen molar-refractivity contribution in [3.05, 3.63) is 42.2 Å². The van der Waals surface area contributed by atoms with E-state index >= 15 is 0 Å². The molecule has 3 nitrogen and oxygen atoms in total. The Labute approximate surface area is 87.8 Å². The van der Waals surface area contributed by atoms with Crippen LogP contribution in [0.1, 0.15) is 16.8 Å². The number of anilines is 1. The van der Waals surface area contributed by atoms with E-state index < -0.39 is 11.7 Å². The van der Waals surface area contributed by atoms with Gasteiger partial charge in [-0.3, -0.25) is 4.79 Å². The largest absolute Gasteiger partial charge is 0.384 e. The normalized spacial score (nSPS) is 9.67. The Morgan fingerprint density at radius 2 is 2.33 bits per heavy atom. The van der Waals surface area contributed by atoms with Crippen LogP contribution in [0.15, 0.2) is 30.9 Å². The van der Waals surface area contributed by atoms with Gasteiger partial charge in [0, 0.05) is 12.2 Å². The molecule has 0 saturated carbocycles. The molecule has 0 unspecified atom stereocenters. The molecule has 0 bridgehead atoms. The van der Waals surface area contributed by atoms with Crippen LogP contribution in [0, 0.1) is 5.82 Å². The summed E-state index contributed by atoms with van der Waals surface area (Å²) in [5, 5.41) is 2.92. The highest BCUT2D eigenvalue weighted by Gasteiger charge is 2.08. The highest BCUT2D eigenvalue weighted by Crippen LogP contribution is 2.16. The van der Waals surface area contributed by atoms with Crippen molar-refractivity contribution in [2.75, 3.05) is 11.9 Å². The number of benzene rings is 1. The summed E-state index contributed by atoms with van der Waals surface area (Å²) in [5.41, 5.74) is 5.86. The van der Waals surface area contributed by atoms with Gasteiger partial charge in [0.15, 0.2) is 0 Å². The lowest BCUT2D eigenvalue weighted by Gasteiger charge is -2.08. The highest BCUT2D eigenvalue weighted by molar-refractivity contribution is 5.98. The smallest absolute Gasteiger partial charge is 0.250 e. The summed E-state index contributed by atoms with van der Waals surface area (Å²) >= 11 is 0. The third-order valence-corrected chi connectivity index (χ3v) is 1.91. The zero-order chi connectivity index (χ0) is 11.3. The molecule has 0 atom stereocenters. The first-order valence-electron chi connectivity index (χ1n) is 4.59. The van der Waals surface area contributed by atoms with Crippen molar-refractivity contribution >= 4 is 11.6 Å². The summed E-state index contributed by atoms with van der Waals surface area (Å²) in [5.74, 6) is -0.975. The highest BCUT2D eigenvalue weighted by atomic mass is 19.1. The Balaban J connectivity index is 2.86. The van der Waals surface area contributed by atoms with E-state index in [0.717, 1.165) is 6.42 Å².